The second-order valence-corrected chi connectivity index (χ2v) is 5.96. The molecule has 1 atom stereocenters. The maximum atomic E-state index is 12.9. The molecule has 0 spiro atoms. The van der Waals surface area contributed by atoms with E-state index in [1.807, 2.05) is 56.3 Å². The molecule has 1 unspecified atom stereocenters. The van der Waals surface area contributed by atoms with Crippen LogP contribution in [0.3, 0.4) is 0 Å². The Balaban J connectivity index is 2.01. The summed E-state index contributed by atoms with van der Waals surface area (Å²) >= 11 is 0. The van der Waals surface area contributed by atoms with Gasteiger partial charge in [0.05, 0.1) is 11.3 Å². The third-order valence-corrected chi connectivity index (χ3v) is 4.38. The summed E-state index contributed by atoms with van der Waals surface area (Å²) in [6.07, 6.45) is -0.342. The molecular formula is C18H16N2O2. The molecule has 0 bridgehead atoms. The number of benzene rings is 2. The van der Waals surface area contributed by atoms with Gasteiger partial charge in [0.2, 0.25) is 0 Å². The molecule has 2 aromatic rings. The van der Waals surface area contributed by atoms with Crippen molar-refractivity contribution in [2.75, 3.05) is 4.90 Å². The largest absolute Gasteiger partial charge is 0.311 e. The number of para-hydroxylation sites is 1. The van der Waals surface area contributed by atoms with Gasteiger partial charge in [0.1, 0.15) is 6.17 Å². The standard InChI is InChI=1S/C18H16N2O2/c1-11(2)19-16-12-7-3-4-8-13(12)17(21)20(16)15-10-6-5-9-14(15)18(19)22/h3-11,16H,1-2H3. The highest BCUT2D eigenvalue weighted by Gasteiger charge is 2.48. The Bertz CT molecular complexity index is 797. The molecule has 2 aliphatic heterocycles. The van der Waals surface area contributed by atoms with Gasteiger partial charge in [-0.3, -0.25) is 14.5 Å². The molecule has 0 aliphatic carbocycles. The zero-order valence-electron chi connectivity index (χ0n) is 12.5. The lowest BCUT2D eigenvalue weighted by Crippen LogP contribution is -2.50. The predicted octanol–water partition coefficient (Wildman–Crippen LogP) is 3.21. The van der Waals surface area contributed by atoms with Crippen molar-refractivity contribution >= 4 is 17.5 Å². The molecule has 0 aromatic heterocycles. The Kier molecular flexibility index (Phi) is 2.64. The van der Waals surface area contributed by atoms with Gasteiger partial charge in [-0.25, -0.2) is 0 Å². The van der Waals surface area contributed by atoms with Crippen molar-refractivity contribution in [3.63, 3.8) is 0 Å². The highest BCUT2D eigenvalue weighted by molar-refractivity contribution is 6.16. The molecule has 2 heterocycles. The van der Waals surface area contributed by atoms with Gasteiger partial charge in [-0.15, -0.1) is 0 Å². The van der Waals surface area contributed by atoms with Crippen molar-refractivity contribution in [3.8, 4) is 0 Å². The van der Waals surface area contributed by atoms with E-state index < -0.39 is 0 Å². The predicted molar refractivity (Wildman–Crippen MR) is 83.7 cm³/mol. The van der Waals surface area contributed by atoms with Gasteiger partial charge in [-0.05, 0) is 32.0 Å². The number of carbonyl (C=O) groups is 2. The van der Waals surface area contributed by atoms with E-state index in [9.17, 15) is 9.59 Å². The molecule has 2 aromatic carbocycles. The van der Waals surface area contributed by atoms with E-state index in [-0.39, 0.29) is 24.0 Å². The third kappa shape index (κ3) is 1.52. The summed E-state index contributed by atoms with van der Waals surface area (Å²) in [5, 5.41) is 0. The SMILES string of the molecule is CC(C)N1C(=O)c2ccccc2N2C(=O)c3ccccc3C21. The third-order valence-electron chi connectivity index (χ3n) is 4.38. The van der Waals surface area contributed by atoms with Crippen LogP contribution in [0, 0.1) is 0 Å². The van der Waals surface area contributed by atoms with Crippen LogP contribution in [0.5, 0.6) is 0 Å². The van der Waals surface area contributed by atoms with E-state index in [0.29, 0.717) is 16.8 Å². The van der Waals surface area contributed by atoms with Gasteiger partial charge >= 0.3 is 0 Å². The molecule has 0 saturated carbocycles. The molecule has 0 saturated heterocycles. The molecule has 4 rings (SSSR count). The molecule has 110 valence electrons. The highest BCUT2D eigenvalue weighted by atomic mass is 16.2. The number of fused-ring (bicyclic) bond motifs is 5. The monoisotopic (exact) mass is 292 g/mol. The van der Waals surface area contributed by atoms with Crippen LogP contribution in [0.1, 0.15) is 46.3 Å². The average molecular weight is 292 g/mol. The van der Waals surface area contributed by atoms with Crippen LogP contribution in [0.15, 0.2) is 48.5 Å². The fourth-order valence-electron chi connectivity index (χ4n) is 3.44. The maximum Gasteiger partial charge on any atom is 0.260 e. The van der Waals surface area contributed by atoms with E-state index in [4.69, 9.17) is 0 Å². The van der Waals surface area contributed by atoms with Crippen molar-refractivity contribution in [3.05, 3.63) is 65.2 Å². The molecule has 22 heavy (non-hydrogen) atoms. The minimum Gasteiger partial charge on any atom is -0.311 e. The lowest BCUT2D eigenvalue weighted by molar-refractivity contribution is 0.0577. The average Bonchev–Trinajstić information content (AvgIpc) is 2.81. The normalized spacial score (nSPS) is 19.3. The van der Waals surface area contributed by atoms with Gasteiger partial charge in [-0.1, -0.05) is 30.3 Å². The van der Waals surface area contributed by atoms with Crippen LogP contribution in [0.4, 0.5) is 5.69 Å². The van der Waals surface area contributed by atoms with Crippen molar-refractivity contribution in [1.29, 1.82) is 0 Å². The zero-order valence-corrected chi connectivity index (χ0v) is 12.5. The lowest BCUT2D eigenvalue weighted by atomic mass is 10.0. The van der Waals surface area contributed by atoms with Crippen LogP contribution >= 0.6 is 0 Å². The van der Waals surface area contributed by atoms with Gasteiger partial charge in [0.25, 0.3) is 11.8 Å². The molecule has 4 heteroatoms. The molecule has 2 aliphatic rings. The summed E-state index contributed by atoms with van der Waals surface area (Å²) < 4.78 is 0. The Morgan fingerprint density at radius 1 is 0.864 bits per heavy atom. The van der Waals surface area contributed by atoms with Gasteiger partial charge < -0.3 is 4.90 Å². The number of rotatable bonds is 1. The summed E-state index contributed by atoms with van der Waals surface area (Å²) in [4.78, 5) is 29.3. The summed E-state index contributed by atoms with van der Waals surface area (Å²) in [6, 6.07) is 14.9. The second kappa shape index (κ2) is 4.44. The number of carbonyl (C=O) groups excluding carboxylic acids is 2. The Morgan fingerprint density at radius 3 is 2.23 bits per heavy atom. The summed E-state index contributed by atoms with van der Waals surface area (Å²) in [7, 11) is 0. The van der Waals surface area contributed by atoms with Crippen LogP contribution in [0.25, 0.3) is 0 Å². The number of anilines is 1. The molecule has 0 fully saturated rings. The quantitative estimate of drug-likeness (QED) is 0.809. The van der Waals surface area contributed by atoms with E-state index in [1.165, 1.54) is 0 Å². The minimum absolute atomic E-state index is 0.00677. The van der Waals surface area contributed by atoms with E-state index in [0.717, 1.165) is 5.56 Å². The first-order valence-electron chi connectivity index (χ1n) is 7.45. The Hall–Kier alpha value is -2.62. The lowest BCUT2D eigenvalue weighted by Gasteiger charge is -2.43. The van der Waals surface area contributed by atoms with Crippen molar-refractivity contribution in [1.82, 2.24) is 4.90 Å². The summed E-state index contributed by atoms with van der Waals surface area (Å²) in [5.74, 6) is -0.0532. The zero-order chi connectivity index (χ0) is 15.4. The van der Waals surface area contributed by atoms with Crippen LogP contribution in [-0.4, -0.2) is 22.8 Å². The van der Waals surface area contributed by atoms with Crippen LogP contribution in [-0.2, 0) is 0 Å². The number of hydrogen-bond acceptors (Lipinski definition) is 2. The first kappa shape index (κ1) is 13.1. The summed E-state index contributed by atoms with van der Waals surface area (Å²) in [5.41, 5.74) is 2.89. The number of hydrogen-bond donors (Lipinski definition) is 0. The van der Waals surface area contributed by atoms with Crippen LogP contribution in [0.2, 0.25) is 0 Å². The topological polar surface area (TPSA) is 40.6 Å². The number of nitrogens with zero attached hydrogens (tertiary/aromatic N) is 2. The molecular weight excluding hydrogens is 276 g/mol. The van der Waals surface area contributed by atoms with E-state index in [2.05, 4.69) is 0 Å². The second-order valence-electron chi connectivity index (χ2n) is 5.96. The Morgan fingerprint density at radius 2 is 1.50 bits per heavy atom. The first-order valence-corrected chi connectivity index (χ1v) is 7.45. The molecule has 0 N–H and O–H groups in total. The van der Waals surface area contributed by atoms with Gasteiger partial charge in [-0.2, -0.15) is 0 Å². The van der Waals surface area contributed by atoms with Gasteiger partial charge in [0.15, 0.2) is 0 Å². The van der Waals surface area contributed by atoms with E-state index >= 15 is 0 Å². The maximum absolute atomic E-state index is 12.9. The summed E-state index contributed by atoms with van der Waals surface area (Å²) in [6.45, 7) is 3.96. The van der Waals surface area contributed by atoms with E-state index in [1.54, 1.807) is 15.9 Å². The highest BCUT2D eigenvalue weighted by Crippen LogP contribution is 2.45. The van der Waals surface area contributed by atoms with Crippen LogP contribution < -0.4 is 4.90 Å². The van der Waals surface area contributed by atoms with Crippen molar-refractivity contribution < 1.29 is 9.59 Å². The fourth-order valence-corrected chi connectivity index (χ4v) is 3.44. The molecule has 4 nitrogen and oxygen atoms in total. The van der Waals surface area contributed by atoms with Gasteiger partial charge in [0, 0.05) is 17.2 Å². The Labute approximate surface area is 129 Å². The van der Waals surface area contributed by atoms with Crippen molar-refractivity contribution in [2.24, 2.45) is 0 Å². The smallest absolute Gasteiger partial charge is 0.260 e. The molecule has 2 amide bonds. The van der Waals surface area contributed by atoms with Crippen molar-refractivity contribution in [2.45, 2.75) is 26.1 Å². The first-order chi connectivity index (χ1) is 10.6. The number of amides is 2. The minimum atomic E-state index is -0.342. The fraction of sp³-hybridized carbons (Fsp3) is 0.222. The molecule has 0 radical (unpaired) electrons.